The molecule has 5 heteroatoms. The van der Waals surface area contributed by atoms with Crippen LogP contribution in [0.3, 0.4) is 0 Å². The second-order valence-corrected chi connectivity index (χ2v) is 6.44. The third-order valence-corrected chi connectivity index (χ3v) is 4.27. The zero-order valence-electron chi connectivity index (χ0n) is 14.2. The topological polar surface area (TPSA) is 54.7 Å². The Hall–Kier alpha value is -2.11. The van der Waals surface area contributed by atoms with Gasteiger partial charge in [-0.2, -0.15) is 0 Å². The first kappa shape index (κ1) is 16.7. The SMILES string of the molecule is C[C@H]1C[C@H](NCc2ccccc2CN(C)Cc2ccco2)C(=O)O1. The van der Waals surface area contributed by atoms with E-state index in [4.69, 9.17) is 9.15 Å². The van der Waals surface area contributed by atoms with E-state index in [1.807, 2.05) is 31.2 Å². The number of carbonyl (C=O) groups excluding carboxylic acids is 1. The molecule has 2 aromatic rings. The predicted octanol–water partition coefficient (Wildman–Crippen LogP) is 2.71. The van der Waals surface area contributed by atoms with Crippen molar-refractivity contribution in [1.82, 2.24) is 10.2 Å². The lowest BCUT2D eigenvalue weighted by Crippen LogP contribution is -2.33. The smallest absolute Gasteiger partial charge is 0.323 e. The van der Waals surface area contributed by atoms with E-state index in [2.05, 4.69) is 29.4 Å². The van der Waals surface area contributed by atoms with Crippen molar-refractivity contribution in [3.8, 4) is 0 Å². The van der Waals surface area contributed by atoms with Gasteiger partial charge in [-0.25, -0.2) is 0 Å². The van der Waals surface area contributed by atoms with Crippen molar-refractivity contribution in [2.75, 3.05) is 7.05 Å². The number of nitrogens with zero attached hydrogens (tertiary/aromatic N) is 1. The van der Waals surface area contributed by atoms with Gasteiger partial charge in [-0.05, 0) is 37.2 Å². The average Bonchev–Trinajstić information content (AvgIpc) is 3.16. The number of carbonyl (C=O) groups is 1. The number of hydrogen-bond donors (Lipinski definition) is 1. The van der Waals surface area contributed by atoms with Crippen molar-refractivity contribution in [1.29, 1.82) is 0 Å². The van der Waals surface area contributed by atoms with Crippen LogP contribution < -0.4 is 5.32 Å². The molecule has 0 saturated carbocycles. The Morgan fingerprint density at radius 3 is 2.62 bits per heavy atom. The molecule has 1 N–H and O–H groups in total. The number of nitrogens with one attached hydrogen (secondary N) is 1. The fourth-order valence-electron chi connectivity index (χ4n) is 3.06. The number of hydrogen-bond acceptors (Lipinski definition) is 5. The molecule has 1 aliphatic heterocycles. The van der Waals surface area contributed by atoms with Crippen LogP contribution in [-0.2, 0) is 29.2 Å². The summed E-state index contributed by atoms with van der Waals surface area (Å²) in [4.78, 5) is 14.0. The molecule has 0 radical (unpaired) electrons. The number of furan rings is 1. The van der Waals surface area contributed by atoms with Crippen LogP contribution >= 0.6 is 0 Å². The maximum absolute atomic E-state index is 11.7. The molecule has 128 valence electrons. The first-order valence-corrected chi connectivity index (χ1v) is 8.33. The molecule has 1 aromatic carbocycles. The van der Waals surface area contributed by atoms with Gasteiger partial charge in [0.25, 0.3) is 0 Å². The first-order valence-electron chi connectivity index (χ1n) is 8.33. The molecule has 0 amide bonds. The summed E-state index contributed by atoms with van der Waals surface area (Å²) in [6.07, 6.45) is 2.44. The van der Waals surface area contributed by atoms with E-state index in [-0.39, 0.29) is 18.1 Å². The van der Waals surface area contributed by atoms with Crippen molar-refractivity contribution in [3.63, 3.8) is 0 Å². The largest absolute Gasteiger partial charge is 0.468 e. The lowest BCUT2D eigenvalue weighted by molar-refractivity contribution is -0.142. The summed E-state index contributed by atoms with van der Waals surface area (Å²) < 4.78 is 10.6. The molecular weight excluding hydrogens is 304 g/mol. The third kappa shape index (κ3) is 4.24. The molecule has 3 rings (SSSR count). The van der Waals surface area contributed by atoms with E-state index >= 15 is 0 Å². The van der Waals surface area contributed by atoms with Crippen molar-refractivity contribution < 1.29 is 13.9 Å². The highest BCUT2D eigenvalue weighted by Gasteiger charge is 2.31. The van der Waals surface area contributed by atoms with Gasteiger partial charge in [-0.3, -0.25) is 9.69 Å². The van der Waals surface area contributed by atoms with Gasteiger partial charge in [0.15, 0.2) is 0 Å². The van der Waals surface area contributed by atoms with Gasteiger partial charge in [0.05, 0.1) is 12.8 Å². The van der Waals surface area contributed by atoms with Gasteiger partial charge in [0, 0.05) is 19.5 Å². The van der Waals surface area contributed by atoms with Crippen molar-refractivity contribution in [2.45, 2.75) is 45.1 Å². The van der Waals surface area contributed by atoms with Gasteiger partial charge in [-0.1, -0.05) is 24.3 Å². The van der Waals surface area contributed by atoms with Gasteiger partial charge in [-0.15, -0.1) is 0 Å². The molecule has 1 saturated heterocycles. The van der Waals surface area contributed by atoms with Crippen LogP contribution in [0, 0.1) is 0 Å². The fourth-order valence-corrected chi connectivity index (χ4v) is 3.06. The van der Waals surface area contributed by atoms with Crippen LogP contribution in [-0.4, -0.2) is 30.1 Å². The molecule has 0 unspecified atom stereocenters. The van der Waals surface area contributed by atoms with Crippen LogP contribution in [0.4, 0.5) is 0 Å². The molecule has 0 spiro atoms. The molecule has 1 aromatic heterocycles. The normalized spacial score (nSPS) is 20.5. The lowest BCUT2D eigenvalue weighted by Gasteiger charge is -2.18. The second-order valence-electron chi connectivity index (χ2n) is 6.44. The van der Waals surface area contributed by atoms with Crippen LogP contribution in [0.5, 0.6) is 0 Å². The van der Waals surface area contributed by atoms with E-state index < -0.39 is 0 Å². The van der Waals surface area contributed by atoms with Gasteiger partial charge in [0.2, 0.25) is 0 Å². The summed E-state index contributed by atoms with van der Waals surface area (Å²) in [7, 11) is 2.07. The highest BCUT2D eigenvalue weighted by molar-refractivity contribution is 5.77. The Morgan fingerprint density at radius 1 is 1.17 bits per heavy atom. The average molecular weight is 328 g/mol. The molecule has 2 atom stereocenters. The monoisotopic (exact) mass is 328 g/mol. The Bertz CT molecular complexity index is 669. The Balaban J connectivity index is 1.59. The Kier molecular flexibility index (Phi) is 5.33. The molecule has 0 aliphatic carbocycles. The zero-order valence-corrected chi connectivity index (χ0v) is 14.2. The van der Waals surface area contributed by atoms with Crippen molar-refractivity contribution >= 4 is 5.97 Å². The number of ether oxygens (including phenoxy) is 1. The Labute approximate surface area is 142 Å². The van der Waals surface area contributed by atoms with Gasteiger partial charge in [0.1, 0.15) is 17.9 Å². The summed E-state index contributed by atoms with van der Waals surface area (Å²) >= 11 is 0. The summed E-state index contributed by atoms with van der Waals surface area (Å²) in [5.41, 5.74) is 2.45. The minimum absolute atomic E-state index is 0.00433. The summed E-state index contributed by atoms with van der Waals surface area (Å²) in [5, 5.41) is 3.33. The van der Waals surface area contributed by atoms with Crippen molar-refractivity contribution in [2.24, 2.45) is 0 Å². The maximum Gasteiger partial charge on any atom is 0.323 e. The molecule has 5 nitrogen and oxygen atoms in total. The van der Waals surface area contributed by atoms with E-state index in [9.17, 15) is 4.79 Å². The number of cyclic esters (lactones) is 1. The lowest BCUT2D eigenvalue weighted by atomic mass is 10.1. The zero-order chi connectivity index (χ0) is 16.9. The highest BCUT2D eigenvalue weighted by atomic mass is 16.6. The quantitative estimate of drug-likeness (QED) is 0.792. The molecule has 2 heterocycles. The van der Waals surface area contributed by atoms with Gasteiger partial charge >= 0.3 is 5.97 Å². The second kappa shape index (κ2) is 7.64. The van der Waals surface area contributed by atoms with Crippen LogP contribution in [0.25, 0.3) is 0 Å². The molecule has 1 aliphatic rings. The molecular formula is C19H24N2O3. The summed E-state index contributed by atoms with van der Waals surface area (Å²) in [6, 6.07) is 12.0. The standard InChI is InChI=1S/C19H24N2O3/c1-14-10-18(19(22)24-14)20-11-15-6-3-4-7-16(15)12-21(2)13-17-8-5-9-23-17/h3-9,14,18,20H,10-13H2,1-2H3/t14-,18-/m0/s1. The highest BCUT2D eigenvalue weighted by Crippen LogP contribution is 2.17. The fraction of sp³-hybridized carbons (Fsp3) is 0.421. The van der Waals surface area contributed by atoms with Crippen LogP contribution in [0.2, 0.25) is 0 Å². The maximum atomic E-state index is 11.7. The van der Waals surface area contributed by atoms with E-state index in [1.54, 1.807) is 6.26 Å². The molecule has 0 bridgehead atoms. The number of esters is 1. The van der Waals surface area contributed by atoms with E-state index in [0.29, 0.717) is 6.54 Å². The molecule has 24 heavy (non-hydrogen) atoms. The third-order valence-electron chi connectivity index (χ3n) is 4.27. The molecule has 1 fully saturated rings. The van der Waals surface area contributed by atoms with E-state index in [1.165, 1.54) is 11.1 Å². The minimum Gasteiger partial charge on any atom is -0.468 e. The van der Waals surface area contributed by atoms with E-state index in [0.717, 1.165) is 25.3 Å². The van der Waals surface area contributed by atoms with Gasteiger partial charge < -0.3 is 14.5 Å². The summed E-state index contributed by atoms with van der Waals surface area (Å²) in [5.74, 6) is 0.811. The first-order chi connectivity index (χ1) is 11.6. The number of rotatable bonds is 7. The van der Waals surface area contributed by atoms with Crippen LogP contribution in [0.15, 0.2) is 47.1 Å². The number of benzene rings is 1. The van der Waals surface area contributed by atoms with Crippen LogP contribution in [0.1, 0.15) is 30.2 Å². The van der Waals surface area contributed by atoms with Crippen molar-refractivity contribution in [3.05, 3.63) is 59.5 Å². The summed E-state index contributed by atoms with van der Waals surface area (Å²) in [6.45, 7) is 4.18. The predicted molar refractivity (Wildman–Crippen MR) is 91.1 cm³/mol. The Morgan fingerprint density at radius 2 is 1.96 bits per heavy atom. The minimum atomic E-state index is -0.200.